The summed E-state index contributed by atoms with van der Waals surface area (Å²) in [5.74, 6) is 0.374. The Morgan fingerprint density at radius 2 is 1.87 bits per heavy atom. The van der Waals surface area contributed by atoms with Crippen LogP contribution in [0.3, 0.4) is 0 Å². The predicted octanol–water partition coefficient (Wildman–Crippen LogP) is 4.10. The molecule has 120 valence electrons. The Balaban J connectivity index is 2.09. The van der Waals surface area contributed by atoms with Crippen molar-refractivity contribution in [3.63, 3.8) is 0 Å². The van der Waals surface area contributed by atoms with Gasteiger partial charge in [-0.1, -0.05) is 12.1 Å². The number of nitrogens with zero attached hydrogens (tertiary/aromatic N) is 1. The topological polar surface area (TPSA) is 59.6 Å². The number of nitrogens with two attached hydrogens (primary N) is 1. The minimum absolute atomic E-state index is 0.0960. The molecule has 2 aromatic carbocycles. The molecule has 0 aliphatic rings. The SMILES string of the molecule is NC(=S)N/N=C/c1cc(Br)c(OCc2ccc(F)cc2)c(Br)c1. The molecule has 0 aromatic heterocycles. The first-order valence-corrected chi connectivity index (χ1v) is 8.40. The van der Waals surface area contributed by atoms with Crippen LogP contribution in [0.4, 0.5) is 4.39 Å². The zero-order valence-electron chi connectivity index (χ0n) is 11.7. The van der Waals surface area contributed by atoms with Crippen LogP contribution < -0.4 is 15.9 Å². The van der Waals surface area contributed by atoms with E-state index in [9.17, 15) is 4.39 Å². The normalized spacial score (nSPS) is 10.7. The van der Waals surface area contributed by atoms with Crippen LogP contribution in [0.1, 0.15) is 11.1 Å². The lowest BCUT2D eigenvalue weighted by Crippen LogP contribution is -2.23. The Morgan fingerprint density at radius 1 is 1.26 bits per heavy atom. The fourth-order valence-corrected chi connectivity index (χ4v) is 3.20. The number of rotatable bonds is 5. The predicted molar refractivity (Wildman–Crippen MR) is 100 cm³/mol. The van der Waals surface area contributed by atoms with Gasteiger partial charge in [-0.05, 0) is 79.5 Å². The van der Waals surface area contributed by atoms with Gasteiger partial charge in [0.2, 0.25) is 0 Å². The average Bonchev–Trinajstić information content (AvgIpc) is 2.48. The maximum Gasteiger partial charge on any atom is 0.184 e. The van der Waals surface area contributed by atoms with E-state index in [1.165, 1.54) is 12.1 Å². The second kappa shape index (κ2) is 8.37. The van der Waals surface area contributed by atoms with Crippen molar-refractivity contribution in [1.82, 2.24) is 5.43 Å². The largest absolute Gasteiger partial charge is 0.487 e. The number of nitrogens with one attached hydrogen (secondary N) is 1. The summed E-state index contributed by atoms with van der Waals surface area (Å²) in [5.41, 5.74) is 9.47. The van der Waals surface area contributed by atoms with Crippen LogP contribution in [-0.2, 0) is 6.61 Å². The van der Waals surface area contributed by atoms with E-state index in [1.807, 2.05) is 12.1 Å². The molecule has 2 aromatic rings. The maximum absolute atomic E-state index is 12.9. The van der Waals surface area contributed by atoms with Gasteiger partial charge in [0.1, 0.15) is 18.2 Å². The van der Waals surface area contributed by atoms with Gasteiger partial charge in [-0.15, -0.1) is 0 Å². The van der Waals surface area contributed by atoms with E-state index in [-0.39, 0.29) is 10.9 Å². The third-order valence-corrected chi connectivity index (χ3v) is 3.97. The van der Waals surface area contributed by atoms with Crippen molar-refractivity contribution in [3.05, 3.63) is 62.3 Å². The molecule has 2 rings (SSSR count). The van der Waals surface area contributed by atoms with Gasteiger partial charge in [-0.2, -0.15) is 5.10 Å². The number of benzene rings is 2. The van der Waals surface area contributed by atoms with E-state index in [0.29, 0.717) is 12.4 Å². The molecule has 0 bridgehead atoms. The van der Waals surface area contributed by atoms with Crippen LogP contribution in [0.15, 0.2) is 50.4 Å². The molecule has 0 heterocycles. The van der Waals surface area contributed by atoms with Gasteiger partial charge in [-0.3, -0.25) is 5.43 Å². The van der Waals surface area contributed by atoms with Crippen molar-refractivity contribution in [3.8, 4) is 5.75 Å². The van der Waals surface area contributed by atoms with Crippen molar-refractivity contribution in [2.75, 3.05) is 0 Å². The number of hydrogen-bond acceptors (Lipinski definition) is 3. The molecule has 0 aliphatic carbocycles. The van der Waals surface area contributed by atoms with E-state index in [1.54, 1.807) is 18.3 Å². The summed E-state index contributed by atoms with van der Waals surface area (Å²) in [5, 5.41) is 3.99. The number of halogens is 3. The molecule has 0 amide bonds. The molecule has 23 heavy (non-hydrogen) atoms. The summed E-state index contributed by atoms with van der Waals surface area (Å²) >= 11 is 11.6. The Labute approximate surface area is 155 Å². The summed E-state index contributed by atoms with van der Waals surface area (Å²) in [6.07, 6.45) is 1.58. The molecule has 0 spiro atoms. The minimum atomic E-state index is -0.273. The monoisotopic (exact) mass is 459 g/mol. The van der Waals surface area contributed by atoms with Crippen molar-refractivity contribution in [2.24, 2.45) is 10.8 Å². The van der Waals surface area contributed by atoms with E-state index >= 15 is 0 Å². The van der Waals surface area contributed by atoms with Gasteiger partial charge in [0.05, 0.1) is 15.2 Å². The van der Waals surface area contributed by atoms with Crippen LogP contribution in [0.2, 0.25) is 0 Å². The highest BCUT2D eigenvalue weighted by Crippen LogP contribution is 2.35. The van der Waals surface area contributed by atoms with Crippen LogP contribution in [0, 0.1) is 5.82 Å². The standard InChI is InChI=1S/C15H12Br2FN3OS/c16-12-5-10(7-20-21-15(19)23)6-13(17)14(12)22-8-9-1-3-11(18)4-2-9/h1-7H,8H2,(H3,19,21,23)/b20-7+. The fraction of sp³-hybridized carbons (Fsp3) is 0.0667. The van der Waals surface area contributed by atoms with E-state index < -0.39 is 0 Å². The lowest BCUT2D eigenvalue weighted by molar-refractivity contribution is 0.302. The molecule has 3 N–H and O–H groups in total. The zero-order chi connectivity index (χ0) is 16.8. The molecule has 4 nitrogen and oxygen atoms in total. The molecule has 8 heteroatoms. The summed E-state index contributed by atoms with van der Waals surface area (Å²) in [6.45, 7) is 0.327. The highest BCUT2D eigenvalue weighted by Gasteiger charge is 2.09. The summed E-state index contributed by atoms with van der Waals surface area (Å²) in [7, 11) is 0. The number of thiocarbonyl (C=S) groups is 1. The number of ether oxygens (including phenoxy) is 1. The first kappa shape index (κ1) is 17.8. The minimum Gasteiger partial charge on any atom is -0.487 e. The van der Waals surface area contributed by atoms with Crippen molar-refractivity contribution in [2.45, 2.75) is 6.61 Å². The van der Waals surface area contributed by atoms with Crippen LogP contribution in [-0.4, -0.2) is 11.3 Å². The van der Waals surface area contributed by atoms with Gasteiger partial charge >= 0.3 is 0 Å². The third-order valence-electron chi connectivity index (χ3n) is 2.71. The highest BCUT2D eigenvalue weighted by atomic mass is 79.9. The Morgan fingerprint density at radius 3 is 2.43 bits per heavy atom. The van der Waals surface area contributed by atoms with Crippen molar-refractivity contribution >= 4 is 55.4 Å². The zero-order valence-corrected chi connectivity index (χ0v) is 15.7. The quantitative estimate of drug-likeness (QED) is 0.400. The number of hydrazone groups is 1. The van der Waals surface area contributed by atoms with E-state index in [2.05, 4.69) is 54.6 Å². The summed E-state index contributed by atoms with van der Waals surface area (Å²) in [6, 6.07) is 9.85. The average molecular weight is 461 g/mol. The van der Waals surface area contributed by atoms with E-state index in [0.717, 1.165) is 20.1 Å². The Hall–Kier alpha value is -1.51. The van der Waals surface area contributed by atoms with Gasteiger partial charge in [0.15, 0.2) is 5.11 Å². The summed E-state index contributed by atoms with van der Waals surface area (Å²) in [4.78, 5) is 0. The Kier molecular flexibility index (Phi) is 6.49. The molecular formula is C15H12Br2FN3OS. The molecule has 0 saturated heterocycles. The van der Waals surface area contributed by atoms with Crippen molar-refractivity contribution < 1.29 is 9.13 Å². The van der Waals surface area contributed by atoms with Crippen LogP contribution in [0.25, 0.3) is 0 Å². The van der Waals surface area contributed by atoms with Crippen molar-refractivity contribution in [1.29, 1.82) is 0 Å². The van der Waals surface area contributed by atoms with Gasteiger partial charge in [-0.25, -0.2) is 4.39 Å². The molecular weight excluding hydrogens is 449 g/mol. The maximum atomic E-state index is 12.9. The lowest BCUT2D eigenvalue weighted by Gasteiger charge is -2.11. The van der Waals surface area contributed by atoms with Crippen LogP contribution in [0.5, 0.6) is 5.75 Å². The second-order valence-electron chi connectivity index (χ2n) is 4.46. The third kappa shape index (κ3) is 5.56. The molecule has 0 aliphatic heterocycles. The highest BCUT2D eigenvalue weighted by molar-refractivity contribution is 9.11. The first-order chi connectivity index (χ1) is 11.0. The lowest BCUT2D eigenvalue weighted by atomic mass is 10.2. The smallest absolute Gasteiger partial charge is 0.184 e. The fourth-order valence-electron chi connectivity index (χ4n) is 1.70. The number of hydrogen-bond donors (Lipinski definition) is 2. The first-order valence-electron chi connectivity index (χ1n) is 6.40. The van der Waals surface area contributed by atoms with E-state index in [4.69, 9.17) is 10.5 Å². The van der Waals surface area contributed by atoms with Gasteiger partial charge in [0, 0.05) is 0 Å². The molecule has 0 unspecified atom stereocenters. The molecule has 0 fully saturated rings. The second-order valence-corrected chi connectivity index (χ2v) is 6.61. The molecule has 0 radical (unpaired) electrons. The Bertz CT molecular complexity index is 715. The van der Waals surface area contributed by atoms with Gasteiger partial charge in [0.25, 0.3) is 0 Å². The molecule has 0 atom stereocenters. The molecule has 0 saturated carbocycles. The summed E-state index contributed by atoms with van der Waals surface area (Å²) < 4.78 is 20.2. The van der Waals surface area contributed by atoms with Gasteiger partial charge < -0.3 is 10.5 Å². The van der Waals surface area contributed by atoms with Crippen LogP contribution >= 0.6 is 44.1 Å².